The zero-order chi connectivity index (χ0) is 25.6. The molecule has 0 aliphatic rings. The maximum absolute atomic E-state index is 13.6. The Hall–Kier alpha value is -3.93. The number of nitrogens with one attached hydrogen (secondary N) is 1. The molecule has 0 saturated heterocycles. The molecule has 184 valence electrons. The molecular formula is C23H25FN6O4S. The number of benzene rings is 2. The summed E-state index contributed by atoms with van der Waals surface area (Å²) in [5.41, 5.74) is 0.970. The predicted molar refractivity (Wildman–Crippen MR) is 128 cm³/mol. The van der Waals surface area contributed by atoms with Crippen LogP contribution in [0.2, 0.25) is 0 Å². The second-order valence-electron chi connectivity index (χ2n) is 7.98. The third-order valence-electron chi connectivity index (χ3n) is 5.05. The van der Waals surface area contributed by atoms with E-state index in [4.69, 9.17) is 0 Å². The van der Waals surface area contributed by atoms with E-state index in [0.29, 0.717) is 11.3 Å². The van der Waals surface area contributed by atoms with Crippen molar-refractivity contribution in [3.63, 3.8) is 0 Å². The number of aromatic nitrogens is 4. The van der Waals surface area contributed by atoms with Gasteiger partial charge in [0.05, 0.1) is 5.41 Å². The van der Waals surface area contributed by atoms with Gasteiger partial charge in [-0.2, -0.15) is 0 Å². The van der Waals surface area contributed by atoms with E-state index in [-0.39, 0.29) is 12.2 Å². The minimum Gasteiger partial charge on any atom is -0.309 e. The number of halogens is 1. The second-order valence-corrected chi connectivity index (χ2v) is 9.54. The van der Waals surface area contributed by atoms with Crippen molar-refractivity contribution in [2.24, 2.45) is 13.0 Å². The lowest BCUT2D eigenvalue weighted by Crippen LogP contribution is -2.48. The summed E-state index contributed by atoms with van der Waals surface area (Å²) in [6.45, 7) is 3.44. The molecule has 1 atom stereocenters. The van der Waals surface area contributed by atoms with Crippen LogP contribution in [0.25, 0.3) is 6.08 Å². The molecule has 35 heavy (non-hydrogen) atoms. The Kier molecular flexibility index (Phi) is 8.07. The van der Waals surface area contributed by atoms with E-state index in [0.717, 1.165) is 5.41 Å². The molecule has 3 rings (SSSR count). The van der Waals surface area contributed by atoms with Crippen molar-refractivity contribution >= 4 is 33.6 Å². The van der Waals surface area contributed by atoms with Crippen LogP contribution < -0.4 is 9.62 Å². The minimum atomic E-state index is -4.22. The molecule has 2 amide bonds. The molecule has 0 aliphatic carbocycles. The maximum atomic E-state index is 13.6. The lowest BCUT2D eigenvalue weighted by atomic mass is 10.0. The number of carbonyl (C=O) groups is 2. The highest BCUT2D eigenvalue weighted by molar-refractivity contribution is 7.93. The molecule has 1 N–H and O–H groups in total. The number of anilines is 1. The van der Waals surface area contributed by atoms with Crippen LogP contribution >= 0.6 is 0 Å². The molecule has 0 fully saturated rings. The predicted octanol–water partition coefficient (Wildman–Crippen LogP) is 2.07. The number of tetrazole rings is 1. The average molecular weight is 501 g/mol. The smallest absolute Gasteiger partial charge is 0.257 e. The van der Waals surface area contributed by atoms with Crippen molar-refractivity contribution in [3.05, 3.63) is 77.2 Å². The molecule has 12 heteroatoms. The number of sulfonamides is 1. The van der Waals surface area contributed by atoms with Gasteiger partial charge in [-0.3, -0.25) is 9.59 Å². The summed E-state index contributed by atoms with van der Waals surface area (Å²) in [6.07, 6.45) is 1.08. The molecule has 3 aromatic rings. The van der Waals surface area contributed by atoms with Crippen molar-refractivity contribution in [1.29, 1.82) is 0 Å². The first kappa shape index (κ1) is 25.7. The maximum Gasteiger partial charge on any atom is 0.257 e. The van der Waals surface area contributed by atoms with E-state index in [9.17, 15) is 22.4 Å². The highest BCUT2D eigenvalue weighted by Crippen LogP contribution is 2.22. The first-order valence-electron chi connectivity index (χ1n) is 10.7. The van der Waals surface area contributed by atoms with E-state index >= 15 is 0 Å². The van der Waals surface area contributed by atoms with Gasteiger partial charge in [-0.1, -0.05) is 30.3 Å². The zero-order valence-electron chi connectivity index (χ0n) is 19.4. The molecule has 1 unspecified atom stereocenters. The fraction of sp³-hybridized carbons (Fsp3) is 0.261. The van der Waals surface area contributed by atoms with E-state index in [1.807, 2.05) is 4.72 Å². The van der Waals surface area contributed by atoms with Crippen LogP contribution in [0, 0.1) is 11.7 Å². The summed E-state index contributed by atoms with van der Waals surface area (Å²) < 4.78 is 41.9. The minimum absolute atomic E-state index is 0.207. The van der Waals surface area contributed by atoms with Crippen molar-refractivity contribution in [1.82, 2.24) is 24.9 Å². The first-order valence-corrected chi connectivity index (χ1v) is 12.2. The molecule has 0 saturated carbocycles. The van der Waals surface area contributed by atoms with E-state index in [1.165, 1.54) is 47.0 Å². The number of carbonyl (C=O) groups excluding carboxylic acids is 2. The van der Waals surface area contributed by atoms with Crippen LogP contribution in [-0.2, 0) is 33.1 Å². The number of rotatable bonds is 9. The summed E-state index contributed by atoms with van der Waals surface area (Å²) in [4.78, 5) is 28.1. The lowest BCUT2D eigenvalue weighted by molar-refractivity contribution is -0.132. The average Bonchev–Trinajstić information content (AvgIpc) is 3.22. The Bertz CT molecular complexity index is 1310. The molecule has 0 bridgehead atoms. The van der Waals surface area contributed by atoms with Gasteiger partial charge in [0.1, 0.15) is 11.7 Å². The number of nitrogens with zero attached hydrogens (tertiary/aromatic N) is 5. The monoisotopic (exact) mass is 500 g/mol. The summed E-state index contributed by atoms with van der Waals surface area (Å²) in [7, 11) is -2.69. The van der Waals surface area contributed by atoms with Crippen LogP contribution in [-0.4, -0.2) is 46.5 Å². The molecular weight excluding hydrogens is 475 g/mol. The van der Waals surface area contributed by atoms with Crippen molar-refractivity contribution in [2.45, 2.75) is 26.3 Å². The van der Waals surface area contributed by atoms with Crippen LogP contribution in [0.15, 0.2) is 60.0 Å². The number of hydrogen-bond acceptors (Lipinski definition) is 7. The summed E-state index contributed by atoms with van der Waals surface area (Å²) >= 11 is 0. The molecule has 0 radical (unpaired) electrons. The molecule has 1 heterocycles. The SMILES string of the molecule is CC(C)N(C(=O)C(Cc1nnnn1C)C(=O)NS(=O)(=O)C=Cc1ccccc1)c1ccc(F)cc1. The van der Waals surface area contributed by atoms with Gasteiger partial charge in [-0.05, 0) is 60.2 Å². The molecule has 1 aromatic heterocycles. The second kappa shape index (κ2) is 11.0. The van der Waals surface area contributed by atoms with Gasteiger partial charge >= 0.3 is 0 Å². The van der Waals surface area contributed by atoms with Crippen LogP contribution in [0.3, 0.4) is 0 Å². The number of hydrogen-bond donors (Lipinski definition) is 1. The fourth-order valence-corrected chi connectivity index (χ4v) is 4.15. The highest BCUT2D eigenvalue weighted by atomic mass is 32.2. The number of aryl methyl sites for hydroxylation is 1. The first-order chi connectivity index (χ1) is 16.6. The third-order valence-corrected chi connectivity index (χ3v) is 6.03. The van der Waals surface area contributed by atoms with Gasteiger partial charge in [-0.25, -0.2) is 22.2 Å². The molecule has 2 aromatic carbocycles. The van der Waals surface area contributed by atoms with Crippen molar-refractivity contribution in [3.8, 4) is 0 Å². The quantitative estimate of drug-likeness (QED) is 0.446. The normalized spacial score (nSPS) is 12.6. The summed E-state index contributed by atoms with van der Waals surface area (Å²) in [5.74, 6) is -3.48. The van der Waals surface area contributed by atoms with Crippen LogP contribution in [0.4, 0.5) is 10.1 Å². The van der Waals surface area contributed by atoms with Crippen molar-refractivity contribution in [2.75, 3.05) is 4.90 Å². The topological polar surface area (TPSA) is 127 Å². The largest absolute Gasteiger partial charge is 0.309 e. The number of amides is 2. The van der Waals surface area contributed by atoms with Gasteiger partial charge in [0, 0.05) is 25.2 Å². The van der Waals surface area contributed by atoms with Gasteiger partial charge in [-0.15, -0.1) is 5.10 Å². The van der Waals surface area contributed by atoms with Gasteiger partial charge in [0.15, 0.2) is 5.82 Å². The zero-order valence-corrected chi connectivity index (χ0v) is 20.2. The van der Waals surface area contributed by atoms with Crippen LogP contribution in [0.5, 0.6) is 0 Å². The molecule has 10 nitrogen and oxygen atoms in total. The van der Waals surface area contributed by atoms with E-state index in [2.05, 4.69) is 15.5 Å². The fourth-order valence-electron chi connectivity index (χ4n) is 3.32. The lowest BCUT2D eigenvalue weighted by Gasteiger charge is -2.30. The van der Waals surface area contributed by atoms with E-state index in [1.54, 1.807) is 44.2 Å². The van der Waals surface area contributed by atoms with Gasteiger partial charge in [0.2, 0.25) is 11.8 Å². The summed E-state index contributed by atoms with van der Waals surface area (Å²) in [6, 6.07) is 13.4. The Morgan fingerprint density at radius 3 is 2.34 bits per heavy atom. The Morgan fingerprint density at radius 1 is 1.11 bits per heavy atom. The van der Waals surface area contributed by atoms with Crippen molar-refractivity contribution < 1.29 is 22.4 Å². The molecule has 0 aliphatic heterocycles. The van der Waals surface area contributed by atoms with Gasteiger partial charge in [0.25, 0.3) is 10.0 Å². The van der Waals surface area contributed by atoms with Crippen LogP contribution in [0.1, 0.15) is 25.2 Å². The Labute approximate surface area is 202 Å². The Morgan fingerprint density at radius 2 is 1.77 bits per heavy atom. The van der Waals surface area contributed by atoms with E-state index < -0.39 is 39.6 Å². The highest BCUT2D eigenvalue weighted by Gasteiger charge is 2.36. The summed E-state index contributed by atoms with van der Waals surface area (Å²) in [5, 5.41) is 11.9. The third kappa shape index (κ3) is 6.79. The molecule has 0 spiro atoms. The standard InChI is InChI=1S/C23H25FN6O4S/c1-16(2)30(19-11-9-18(24)10-12-19)23(32)20(15-21-25-27-28-29(21)3)22(31)26-35(33,34)14-13-17-7-5-4-6-8-17/h4-14,16,20H,15H2,1-3H3,(H,26,31). The van der Waals surface area contributed by atoms with Gasteiger partial charge < -0.3 is 4.90 Å². The Balaban J connectivity index is 1.91.